The van der Waals surface area contributed by atoms with Crippen molar-refractivity contribution in [3.05, 3.63) is 28.4 Å². The van der Waals surface area contributed by atoms with Crippen molar-refractivity contribution in [1.29, 1.82) is 0 Å². The maximum atomic E-state index is 5.53. The number of hydrogen-bond donors (Lipinski definition) is 1. The average Bonchev–Trinajstić information content (AvgIpc) is 2.84. The van der Waals surface area contributed by atoms with Gasteiger partial charge >= 0.3 is 0 Å². The van der Waals surface area contributed by atoms with Crippen LogP contribution in [0.2, 0.25) is 0 Å². The summed E-state index contributed by atoms with van der Waals surface area (Å²) in [7, 11) is 1.73. The molecule has 0 spiro atoms. The summed E-state index contributed by atoms with van der Waals surface area (Å²) in [5.41, 5.74) is 2.43. The van der Waals surface area contributed by atoms with E-state index in [1.165, 1.54) is 10.9 Å². The Morgan fingerprint density at radius 2 is 1.86 bits per heavy atom. The number of halogens is 1. The Kier molecular flexibility index (Phi) is 5.33. The number of nitrogens with zero attached hydrogens (tertiary/aromatic N) is 1. The van der Waals surface area contributed by atoms with E-state index in [1.807, 2.05) is 12.1 Å². The SMILES string of the molecule is COc1ccc(Br)c2[nH]cc(CCN(C(C)C)C(C)C)c12. The van der Waals surface area contributed by atoms with Crippen molar-refractivity contribution in [3.63, 3.8) is 0 Å². The molecule has 2 aromatic rings. The predicted octanol–water partition coefficient (Wildman–Crippen LogP) is 4.60. The Bertz CT molecular complexity index is 596. The average molecular weight is 353 g/mol. The summed E-state index contributed by atoms with van der Waals surface area (Å²) in [6, 6.07) is 5.16. The molecule has 21 heavy (non-hydrogen) atoms. The minimum absolute atomic E-state index is 0.559. The van der Waals surface area contributed by atoms with Crippen molar-refractivity contribution in [2.45, 2.75) is 46.2 Å². The molecule has 0 atom stereocenters. The molecule has 0 fully saturated rings. The van der Waals surface area contributed by atoms with E-state index >= 15 is 0 Å². The van der Waals surface area contributed by atoms with Gasteiger partial charge in [-0.2, -0.15) is 0 Å². The van der Waals surface area contributed by atoms with Gasteiger partial charge in [0.2, 0.25) is 0 Å². The van der Waals surface area contributed by atoms with Gasteiger partial charge in [-0.3, -0.25) is 4.90 Å². The number of nitrogens with one attached hydrogen (secondary N) is 1. The molecule has 0 aliphatic carbocycles. The summed E-state index contributed by atoms with van der Waals surface area (Å²) >= 11 is 3.60. The summed E-state index contributed by atoms with van der Waals surface area (Å²) in [6.07, 6.45) is 3.12. The van der Waals surface area contributed by atoms with Gasteiger partial charge in [0.1, 0.15) is 5.75 Å². The molecular formula is C17H25BrN2O. The van der Waals surface area contributed by atoms with Gasteiger partial charge in [-0.05, 0) is 67.7 Å². The molecule has 0 amide bonds. The maximum absolute atomic E-state index is 5.53. The summed E-state index contributed by atoms with van der Waals surface area (Å²) in [5.74, 6) is 0.935. The quantitative estimate of drug-likeness (QED) is 0.822. The highest BCUT2D eigenvalue weighted by molar-refractivity contribution is 9.10. The number of benzene rings is 1. The first-order valence-corrected chi connectivity index (χ1v) is 8.33. The second-order valence-corrected chi connectivity index (χ2v) is 6.84. The van der Waals surface area contributed by atoms with Crippen LogP contribution in [0.3, 0.4) is 0 Å². The Morgan fingerprint density at radius 3 is 2.43 bits per heavy atom. The number of methoxy groups -OCH3 is 1. The summed E-state index contributed by atoms with van der Waals surface area (Å²) < 4.78 is 6.61. The number of ether oxygens (including phenoxy) is 1. The molecule has 0 saturated heterocycles. The highest BCUT2D eigenvalue weighted by Gasteiger charge is 2.16. The Labute approximate surface area is 135 Å². The third-order valence-corrected chi connectivity index (χ3v) is 4.67. The molecule has 2 rings (SSSR count). The summed E-state index contributed by atoms with van der Waals surface area (Å²) in [5, 5.41) is 1.19. The van der Waals surface area contributed by atoms with Crippen LogP contribution in [0.1, 0.15) is 33.3 Å². The summed E-state index contributed by atoms with van der Waals surface area (Å²) in [4.78, 5) is 5.89. The van der Waals surface area contributed by atoms with Gasteiger partial charge in [-0.15, -0.1) is 0 Å². The van der Waals surface area contributed by atoms with Crippen LogP contribution in [0.5, 0.6) is 5.75 Å². The van der Waals surface area contributed by atoms with Gasteiger partial charge in [-0.1, -0.05) is 0 Å². The lowest BCUT2D eigenvalue weighted by Gasteiger charge is -2.30. The van der Waals surface area contributed by atoms with Crippen molar-refractivity contribution in [2.24, 2.45) is 0 Å². The third-order valence-electron chi connectivity index (χ3n) is 4.01. The zero-order valence-electron chi connectivity index (χ0n) is 13.5. The van der Waals surface area contributed by atoms with Crippen molar-refractivity contribution < 1.29 is 4.74 Å². The molecule has 1 aromatic heterocycles. The zero-order valence-corrected chi connectivity index (χ0v) is 15.1. The first kappa shape index (κ1) is 16.4. The van der Waals surface area contributed by atoms with Gasteiger partial charge in [0.05, 0.1) is 12.6 Å². The number of fused-ring (bicyclic) bond motifs is 1. The van der Waals surface area contributed by atoms with E-state index in [9.17, 15) is 0 Å². The van der Waals surface area contributed by atoms with Crippen molar-refractivity contribution in [2.75, 3.05) is 13.7 Å². The van der Waals surface area contributed by atoms with E-state index in [4.69, 9.17) is 4.74 Å². The van der Waals surface area contributed by atoms with Crippen LogP contribution in [0.15, 0.2) is 22.8 Å². The zero-order chi connectivity index (χ0) is 15.6. The van der Waals surface area contributed by atoms with Crippen molar-refractivity contribution in [1.82, 2.24) is 9.88 Å². The van der Waals surface area contributed by atoms with Crippen LogP contribution in [-0.2, 0) is 6.42 Å². The van der Waals surface area contributed by atoms with E-state index in [1.54, 1.807) is 7.11 Å². The predicted molar refractivity (Wildman–Crippen MR) is 93.2 cm³/mol. The van der Waals surface area contributed by atoms with Crippen LogP contribution >= 0.6 is 15.9 Å². The molecule has 0 unspecified atom stereocenters. The van der Waals surface area contributed by atoms with Crippen LogP contribution < -0.4 is 4.74 Å². The molecule has 0 saturated carbocycles. The maximum Gasteiger partial charge on any atom is 0.128 e. The molecule has 0 aliphatic rings. The monoisotopic (exact) mass is 352 g/mol. The van der Waals surface area contributed by atoms with Crippen molar-refractivity contribution >= 4 is 26.8 Å². The fourth-order valence-electron chi connectivity index (χ4n) is 2.98. The molecule has 1 heterocycles. The number of aromatic nitrogens is 1. The highest BCUT2D eigenvalue weighted by atomic mass is 79.9. The van der Waals surface area contributed by atoms with Gasteiger partial charge < -0.3 is 9.72 Å². The number of aromatic amines is 1. The van der Waals surface area contributed by atoms with Gasteiger partial charge in [0.15, 0.2) is 0 Å². The van der Waals surface area contributed by atoms with E-state index in [-0.39, 0.29) is 0 Å². The topological polar surface area (TPSA) is 28.3 Å². The van der Waals surface area contributed by atoms with Gasteiger partial charge in [0, 0.05) is 34.7 Å². The number of H-pyrrole nitrogens is 1. The molecule has 1 aromatic carbocycles. The first-order chi connectivity index (χ1) is 9.95. The number of rotatable bonds is 6. The lowest BCUT2D eigenvalue weighted by Crippen LogP contribution is -2.38. The Balaban J connectivity index is 2.29. The van der Waals surface area contributed by atoms with Gasteiger partial charge in [0.25, 0.3) is 0 Å². The van der Waals surface area contributed by atoms with Crippen LogP contribution in [0, 0.1) is 0 Å². The molecule has 0 aliphatic heterocycles. The largest absolute Gasteiger partial charge is 0.496 e. The lowest BCUT2D eigenvalue weighted by molar-refractivity contribution is 0.177. The number of hydrogen-bond acceptors (Lipinski definition) is 2. The molecular weight excluding hydrogens is 328 g/mol. The molecule has 3 nitrogen and oxygen atoms in total. The van der Waals surface area contributed by atoms with E-state index in [0.29, 0.717) is 12.1 Å². The molecule has 0 radical (unpaired) electrons. The standard InChI is InChI=1S/C17H25BrN2O/c1-11(2)20(12(3)4)9-8-13-10-19-17-14(18)6-7-15(21-5)16(13)17/h6-7,10-12,19H,8-9H2,1-5H3. The minimum atomic E-state index is 0.559. The Morgan fingerprint density at radius 1 is 1.19 bits per heavy atom. The molecule has 4 heteroatoms. The van der Waals surface area contributed by atoms with E-state index < -0.39 is 0 Å². The minimum Gasteiger partial charge on any atom is -0.496 e. The Hall–Kier alpha value is -1.00. The van der Waals surface area contributed by atoms with Crippen LogP contribution in [0.4, 0.5) is 0 Å². The van der Waals surface area contributed by atoms with E-state index in [0.717, 1.165) is 28.7 Å². The highest BCUT2D eigenvalue weighted by Crippen LogP contribution is 2.34. The second kappa shape index (κ2) is 6.84. The smallest absolute Gasteiger partial charge is 0.128 e. The van der Waals surface area contributed by atoms with Crippen LogP contribution in [0.25, 0.3) is 10.9 Å². The van der Waals surface area contributed by atoms with Crippen molar-refractivity contribution in [3.8, 4) is 5.75 Å². The molecule has 1 N–H and O–H groups in total. The second-order valence-electron chi connectivity index (χ2n) is 5.99. The first-order valence-electron chi connectivity index (χ1n) is 7.53. The van der Waals surface area contributed by atoms with E-state index in [2.05, 4.69) is 59.7 Å². The lowest BCUT2D eigenvalue weighted by atomic mass is 10.1. The van der Waals surface area contributed by atoms with Crippen LogP contribution in [-0.4, -0.2) is 35.6 Å². The molecule has 116 valence electrons. The fraction of sp³-hybridized carbons (Fsp3) is 0.529. The summed E-state index contributed by atoms with van der Waals surface area (Å²) in [6.45, 7) is 10.1. The normalized spacial score (nSPS) is 12.0. The van der Waals surface area contributed by atoms with Gasteiger partial charge in [-0.25, -0.2) is 0 Å². The molecule has 0 bridgehead atoms. The fourth-order valence-corrected chi connectivity index (χ4v) is 3.42. The third kappa shape index (κ3) is 3.43.